The lowest BCUT2D eigenvalue weighted by atomic mass is 9.41. The maximum Gasteiger partial charge on any atom is 0.307 e. The number of hydrogen-bond donors (Lipinski definition) is 4. The van der Waals surface area contributed by atoms with Gasteiger partial charge in [-0.05, 0) is 37.5 Å². The molecule has 4 heterocycles. The van der Waals surface area contributed by atoms with E-state index in [2.05, 4.69) is 0 Å². The van der Waals surface area contributed by atoms with E-state index in [1.165, 1.54) is 27.7 Å². The number of carboxylic acids is 4. The molecule has 0 radical (unpaired) electrons. The van der Waals surface area contributed by atoms with Crippen molar-refractivity contribution in [3.63, 3.8) is 0 Å². The SMILES string of the molecule is CC(C(=O)O)C(CCC1CO1)(C(=O)C(C(C)C(=O)O)(C(C)C(=O)O)C(CC1CO1)(CC1CO1)CC1CO1)C(C)C(=O)O. The first-order valence-electron chi connectivity index (χ1n) is 14.6. The van der Waals surface area contributed by atoms with Crippen LogP contribution in [0.15, 0.2) is 0 Å². The number of aliphatic carboxylic acids is 4. The van der Waals surface area contributed by atoms with Gasteiger partial charge in [0.15, 0.2) is 0 Å². The van der Waals surface area contributed by atoms with Crippen molar-refractivity contribution < 1.29 is 63.3 Å². The van der Waals surface area contributed by atoms with Crippen LogP contribution in [0.4, 0.5) is 0 Å². The first-order valence-corrected chi connectivity index (χ1v) is 14.6. The van der Waals surface area contributed by atoms with Crippen LogP contribution in [0.2, 0.25) is 0 Å². The molecule has 4 rings (SSSR count). The smallest absolute Gasteiger partial charge is 0.307 e. The van der Waals surface area contributed by atoms with E-state index in [1.807, 2.05) is 0 Å². The van der Waals surface area contributed by atoms with Gasteiger partial charge in [0.2, 0.25) is 0 Å². The van der Waals surface area contributed by atoms with E-state index in [0.29, 0.717) is 26.4 Å². The lowest BCUT2D eigenvalue weighted by Gasteiger charge is -2.58. The molecule has 13 heteroatoms. The van der Waals surface area contributed by atoms with Crippen LogP contribution in [0, 0.1) is 39.9 Å². The molecule has 4 aliphatic heterocycles. The van der Waals surface area contributed by atoms with E-state index in [-0.39, 0.29) is 56.5 Å². The lowest BCUT2D eigenvalue weighted by molar-refractivity contribution is -0.193. The third-order valence-electron chi connectivity index (χ3n) is 10.4. The van der Waals surface area contributed by atoms with Crippen LogP contribution >= 0.6 is 0 Å². The van der Waals surface area contributed by atoms with Crippen LogP contribution in [0.25, 0.3) is 0 Å². The summed E-state index contributed by atoms with van der Waals surface area (Å²) in [4.78, 5) is 67.3. The van der Waals surface area contributed by atoms with Crippen molar-refractivity contribution in [1.29, 1.82) is 0 Å². The second-order valence-electron chi connectivity index (χ2n) is 12.7. The monoisotopic (exact) mass is 598 g/mol. The average molecular weight is 599 g/mol. The summed E-state index contributed by atoms with van der Waals surface area (Å²) in [6.07, 6.45) is -1.25. The molecule has 8 unspecified atom stereocenters. The zero-order valence-corrected chi connectivity index (χ0v) is 24.4. The highest BCUT2D eigenvalue weighted by Crippen LogP contribution is 2.65. The van der Waals surface area contributed by atoms with Gasteiger partial charge in [-0.3, -0.25) is 24.0 Å². The van der Waals surface area contributed by atoms with Crippen LogP contribution in [0.5, 0.6) is 0 Å². The summed E-state index contributed by atoms with van der Waals surface area (Å²) < 4.78 is 22.1. The Morgan fingerprint density at radius 2 is 0.905 bits per heavy atom. The molecule has 0 aromatic carbocycles. The van der Waals surface area contributed by atoms with Crippen LogP contribution in [0.3, 0.4) is 0 Å². The van der Waals surface area contributed by atoms with Crippen molar-refractivity contribution >= 4 is 29.7 Å². The molecule has 0 aromatic heterocycles. The first kappa shape index (κ1) is 32.3. The highest BCUT2D eigenvalue weighted by atomic mass is 16.6. The Morgan fingerprint density at radius 3 is 1.17 bits per heavy atom. The minimum absolute atomic E-state index is 0.110. The fraction of sp³-hybridized carbons (Fsp3) is 0.828. The summed E-state index contributed by atoms with van der Waals surface area (Å²) in [5, 5.41) is 41.9. The van der Waals surface area contributed by atoms with Crippen LogP contribution in [0.1, 0.15) is 59.8 Å². The molecule has 0 aromatic rings. The van der Waals surface area contributed by atoms with Gasteiger partial charge in [0.25, 0.3) is 0 Å². The summed E-state index contributed by atoms with van der Waals surface area (Å²) in [5.74, 6) is -13.2. The van der Waals surface area contributed by atoms with Crippen molar-refractivity contribution in [2.45, 2.75) is 84.2 Å². The van der Waals surface area contributed by atoms with Gasteiger partial charge >= 0.3 is 23.9 Å². The van der Waals surface area contributed by atoms with Gasteiger partial charge in [0.05, 0.1) is 85.3 Å². The normalized spacial score (nSPS) is 31.1. The molecule has 0 bridgehead atoms. The molecule has 42 heavy (non-hydrogen) atoms. The highest BCUT2D eigenvalue weighted by Gasteiger charge is 2.72. The quantitative estimate of drug-likeness (QED) is 0.148. The first-order chi connectivity index (χ1) is 19.6. The lowest BCUT2D eigenvalue weighted by Crippen LogP contribution is -2.66. The van der Waals surface area contributed by atoms with E-state index in [4.69, 9.17) is 18.9 Å². The number of carboxylic acid groups (broad SMARTS) is 4. The molecule has 8 atom stereocenters. The standard InChI is InChI=1S/C29H42O13/c1-14(22(30)31)28(15(2)23(32)33,6-5-18-10-39-18)26(38)29(16(3)24(34)35,17(4)25(36)37)27(7-19-11-40-19,8-20-12-41-20)9-21-13-42-21/h14-21H,5-13H2,1-4H3,(H,30,31)(H,32,33)(H,34,35)(H,36,37). The summed E-state index contributed by atoms with van der Waals surface area (Å²) in [6, 6.07) is 0. The number of carbonyl (C=O) groups excluding carboxylic acids is 1. The van der Waals surface area contributed by atoms with Gasteiger partial charge in [-0.2, -0.15) is 0 Å². The maximum absolute atomic E-state index is 15.7. The van der Waals surface area contributed by atoms with E-state index in [0.717, 1.165) is 0 Å². The van der Waals surface area contributed by atoms with Gasteiger partial charge in [0.1, 0.15) is 5.78 Å². The second kappa shape index (κ2) is 11.8. The molecule has 4 aliphatic rings. The Balaban J connectivity index is 2.08. The van der Waals surface area contributed by atoms with Gasteiger partial charge in [0, 0.05) is 0 Å². The van der Waals surface area contributed by atoms with Crippen LogP contribution in [-0.4, -0.2) is 101 Å². The Kier molecular flexibility index (Phi) is 9.09. The summed E-state index contributed by atoms with van der Waals surface area (Å²) in [7, 11) is 0. The van der Waals surface area contributed by atoms with Gasteiger partial charge in [-0.15, -0.1) is 0 Å². The fourth-order valence-electron chi connectivity index (χ4n) is 7.71. The van der Waals surface area contributed by atoms with Crippen molar-refractivity contribution in [3.8, 4) is 0 Å². The molecule has 0 saturated carbocycles. The number of carbonyl (C=O) groups is 5. The van der Waals surface area contributed by atoms with E-state index >= 15 is 4.79 Å². The second-order valence-corrected chi connectivity index (χ2v) is 12.7. The summed E-state index contributed by atoms with van der Waals surface area (Å²) >= 11 is 0. The van der Waals surface area contributed by atoms with Crippen LogP contribution < -0.4 is 0 Å². The average Bonchev–Trinajstić information content (AvgIpc) is 3.74. The molecule has 0 aliphatic carbocycles. The van der Waals surface area contributed by atoms with Gasteiger partial charge in [-0.25, -0.2) is 0 Å². The third kappa shape index (κ3) is 5.93. The fourth-order valence-corrected chi connectivity index (χ4v) is 7.71. The van der Waals surface area contributed by atoms with Crippen LogP contribution in [-0.2, 0) is 42.9 Å². The van der Waals surface area contributed by atoms with Crippen molar-refractivity contribution in [2.75, 3.05) is 26.4 Å². The zero-order valence-electron chi connectivity index (χ0n) is 24.4. The molecule has 0 amide bonds. The summed E-state index contributed by atoms with van der Waals surface area (Å²) in [5.41, 5.74) is -5.85. The minimum Gasteiger partial charge on any atom is -0.481 e. The van der Waals surface area contributed by atoms with Crippen molar-refractivity contribution in [3.05, 3.63) is 0 Å². The number of hydrogen-bond acceptors (Lipinski definition) is 9. The molecular weight excluding hydrogens is 556 g/mol. The molecule has 0 spiro atoms. The van der Waals surface area contributed by atoms with Gasteiger partial charge in [-0.1, -0.05) is 27.7 Å². The Bertz CT molecular complexity index is 1010. The topological polar surface area (TPSA) is 216 Å². The highest BCUT2D eigenvalue weighted by molar-refractivity contribution is 6.02. The molecule has 4 fully saturated rings. The number of ether oxygens (including phenoxy) is 4. The summed E-state index contributed by atoms with van der Waals surface area (Å²) in [6.45, 7) is 6.37. The third-order valence-corrected chi connectivity index (χ3v) is 10.4. The Labute approximate surface area is 243 Å². The van der Waals surface area contributed by atoms with Gasteiger partial charge < -0.3 is 39.4 Å². The Hall–Kier alpha value is -2.61. The molecule has 4 saturated heterocycles. The predicted molar refractivity (Wildman–Crippen MR) is 142 cm³/mol. The zero-order chi connectivity index (χ0) is 31.2. The predicted octanol–water partition coefficient (Wildman–Crippen LogP) is 1.94. The Morgan fingerprint density at radius 1 is 0.595 bits per heavy atom. The number of rotatable bonds is 20. The van der Waals surface area contributed by atoms with E-state index in [9.17, 15) is 39.6 Å². The largest absolute Gasteiger partial charge is 0.481 e. The van der Waals surface area contributed by atoms with Crippen molar-refractivity contribution in [1.82, 2.24) is 0 Å². The maximum atomic E-state index is 15.7. The van der Waals surface area contributed by atoms with E-state index < -0.39 is 69.6 Å². The molecule has 13 nitrogen and oxygen atoms in total. The number of Topliss-reactive ketones (excluding diaryl/α,β-unsaturated/α-hetero) is 1. The molecular formula is C29H42O13. The number of ketones is 1. The minimum atomic E-state index is -2.27. The molecule has 236 valence electrons. The molecule has 4 N–H and O–H groups in total. The van der Waals surface area contributed by atoms with E-state index in [1.54, 1.807) is 0 Å². The van der Waals surface area contributed by atoms with Crippen molar-refractivity contribution in [2.24, 2.45) is 39.9 Å². The number of epoxide rings is 4.